The highest BCUT2D eigenvalue weighted by atomic mass is 32.2. The van der Waals surface area contributed by atoms with Gasteiger partial charge in [0.05, 0.1) is 4.90 Å². The third kappa shape index (κ3) is 3.79. The van der Waals surface area contributed by atoms with Crippen LogP contribution in [-0.2, 0) is 14.8 Å². The quantitative estimate of drug-likeness (QED) is 0.752. The normalized spacial score (nSPS) is 19.3. The standard InChI is InChI=1S/C13H19N3O4S/c14-12(13(17)18)10-15-6-8-16(9-7-15)21(19,20)11-4-2-1-3-5-11/h1-5,12H,6-10,14H2,(H,17,18). The number of carbonyl (C=O) groups is 1. The first-order chi connectivity index (χ1) is 9.91. The summed E-state index contributed by atoms with van der Waals surface area (Å²) in [7, 11) is -3.47. The number of nitrogens with zero attached hydrogens (tertiary/aromatic N) is 2. The highest BCUT2D eigenvalue weighted by molar-refractivity contribution is 7.89. The van der Waals surface area contributed by atoms with Crippen molar-refractivity contribution in [2.45, 2.75) is 10.9 Å². The lowest BCUT2D eigenvalue weighted by molar-refractivity contribution is -0.139. The van der Waals surface area contributed by atoms with Gasteiger partial charge in [-0.3, -0.25) is 9.69 Å². The van der Waals surface area contributed by atoms with Crippen LogP contribution in [0.25, 0.3) is 0 Å². The molecule has 0 aromatic heterocycles. The van der Waals surface area contributed by atoms with Crippen molar-refractivity contribution in [3.63, 3.8) is 0 Å². The third-order valence-corrected chi connectivity index (χ3v) is 5.40. The molecule has 7 nitrogen and oxygen atoms in total. The van der Waals surface area contributed by atoms with Crippen LogP contribution in [0.2, 0.25) is 0 Å². The van der Waals surface area contributed by atoms with Crippen LogP contribution in [0, 0.1) is 0 Å². The number of nitrogens with two attached hydrogens (primary N) is 1. The second-order valence-electron chi connectivity index (χ2n) is 4.96. The summed E-state index contributed by atoms with van der Waals surface area (Å²) in [5.74, 6) is -1.05. The number of benzene rings is 1. The summed E-state index contributed by atoms with van der Waals surface area (Å²) in [5.41, 5.74) is 5.49. The molecule has 1 saturated heterocycles. The maximum atomic E-state index is 12.4. The Morgan fingerprint density at radius 1 is 1.19 bits per heavy atom. The number of carboxylic acid groups (broad SMARTS) is 1. The van der Waals surface area contributed by atoms with E-state index in [1.54, 1.807) is 30.3 Å². The van der Waals surface area contributed by atoms with Gasteiger partial charge >= 0.3 is 5.97 Å². The summed E-state index contributed by atoms with van der Waals surface area (Å²) in [6.45, 7) is 1.86. The SMILES string of the molecule is NC(CN1CCN(S(=O)(=O)c2ccccc2)CC1)C(=O)O. The molecule has 2 rings (SSSR count). The average Bonchev–Trinajstić information content (AvgIpc) is 2.48. The molecule has 1 unspecified atom stereocenters. The number of rotatable bonds is 5. The summed E-state index contributed by atoms with van der Waals surface area (Å²) in [4.78, 5) is 12.9. The zero-order chi connectivity index (χ0) is 15.5. The van der Waals surface area contributed by atoms with E-state index >= 15 is 0 Å². The van der Waals surface area contributed by atoms with Crippen LogP contribution in [-0.4, -0.2) is 67.5 Å². The maximum absolute atomic E-state index is 12.4. The Labute approximate surface area is 124 Å². The van der Waals surface area contributed by atoms with Crippen molar-refractivity contribution in [1.82, 2.24) is 9.21 Å². The Morgan fingerprint density at radius 2 is 1.76 bits per heavy atom. The number of aliphatic carboxylic acids is 1. The molecule has 116 valence electrons. The predicted molar refractivity (Wildman–Crippen MR) is 77.3 cm³/mol. The summed E-state index contributed by atoms with van der Waals surface area (Å²) >= 11 is 0. The maximum Gasteiger partial charge on any atom is 0.321 e. The molecule has 8 heteroatoms. The van der Waals surface area contributed by atoms with Crippen molar-refractivity contribution in [2.24, 2.45) is 5.73 Å². The third-order valence-electron chi connectivity index (χ3n) is 3.48. The molecule has 0 spiro atoms. The van der Waals surface area contributed by atoms with Gasteiger partial charge in [0.1, 0.15) is 6.04 Å². The van der Waals surface area contributed by atoms with E-state index in [0.717, 1.165) is 0 Å². The molecule has 0 bridgehead atoms. The number of carboxylic acids is 1. The van der Waals surface area contributed by atoms with Crippen molar-refractivity contribution in [2.75, 3.05) is 32.7 Å². The average molecular weight is 313 g/mol. The van der Waals surface area contributed by atoms with Crippen LogP contribution >= 0.6 is 0 Å². The Morgan fingerprint density at radius 3 is 2.29 bits per heavy atom. The van der Waals surface area contributed by atoms with Gasteiger partial charge in [0, 0.05) is 32.7 Å². The second kappa shape index (κ2) is 6.52. The number of piperazine rings is 1. The second-order valence-corrected chi connectivity index (χ2v) is 6.90. The van der Waals surface area contributed by atoms with Gasteiger partial charge in [-0.2, -0.15) is 4.31 Å². The Balaban J connectivity index is 1.96. The summed E-state index contributed by atoms with van der Waals surface area (Å²) in [5, 5.41) is 8.78. The van der Waals surface area contributed by atoms with Crippen LogP contribution in [0.4, 0.5) is 0 Å². The van der Waals surface area contributed by atoms with Crippen molar-refractivity contribution in [3.8, 4) is 0 Å². The van der Waals surface area contributed by atoms with E-state index in [2.05, 4.69) is 0 Å². The van der Waals surface area contributed by atoms with Gasteiger partial charge in [0.25, 0.3) is 0 Å². The lowest BCUT2D eigenvalue weighted by Gasteiger charge is -2.34. The zero-order valence-corrected chi connectivity index (χ0v) is 12.4. The molecule has 0 aliphatic carbocycles. The minimum Gasteiger partial charge on any atom is -0.480 e. The van der Waals surface area contributed by atoms with Crippen LogP contribution < -0.4 is 5.73 Å². The van der Waals surface area contributed by atoms with Gasteiger partial charge in [0.2, 0.25) is 10.0 Å². The van der Waals surface area contributed by atoms with Crippen LogP contribution in [0.3, 0.4) is 0 Å². The summed E-state index contributed by atoms with van der Waals surface area (Å²) in [6, 6.07) is 7.35. The van der Waals surface area contributed by atoms with Crippen LogP contribution in [0.5, 0.6) is 0 Å². The Hall–Kier alpha value is -1.48. The van der Waals surface area contributed by atoms with Gasteiger partial charge in [0.15, 0.2) is 0 Å². The highest BCUT2D eigenvalue weighted by Gasteiger charge is 2.29. The fourth-order valence-electron chi connectivity index (χ4n) is 2.25. The smallest absolute Gasteiger partial charge is 0.321 e. The lowest BCUT2D eigenvalue weighted by Crippen LogP contribution is -2.52. The fourth-order valence-corrected chi connectivity index (χ4v) is 3.69. The van der Waals surface area contributed by atoms with E-state index in [1.807, 2.05) is 4.90 Å². The minimum atomic E-state index is -3.47. The molecule has 0 saturated carbocycles. The van der Waals surface area contributed by atoms with Crippen LogP contribution in [0.1, 0.15) is 0 Å². The molecule has 1 fully saturated rings. The number of sulfonamides is 1. The molecular weight excluding hydrogens is 294 g/mol. The van der Waals surface area contributed by atoms with Crippen molar-refractivity contribution in [1.29, 1.82) is 0 Å². The first kappa shape index (κ1) is 15.9. The first-order valence-electron chi connectivity index (χ1n) is 6.67. The molecule has 1 atom stereocenters. The van der Waals surface area contributed by atoms with Crippen molar-refractivity contribution in [3.05, 3.63) is 30.3 Å². The predicted octanol–water partition coefficient (Wildman–Crippen LogP) is -0.595. The molecule has 1 aliphatic heterocycles. The van der Waals surface area contributed by atoms with E-state index in [1.165, 1.54) is 4.31 Å². The van der Waals surface area contributed by atoms with E-state index < -0.39 is 22.0 Å². The fraction of sp³-hybridized carbons (Fsp3) is 0.462. The van der Waals surface area contributed by atoms with Crippen LogP contribution in [0.15, 0.2) is 35.2 Å². The molecule has 1 aromatic carbocycles. The van der Waals surface area contributed by atoms with Gasteiger partial charge in [-0.25, -0.2) is 8.42 Å². The van der Waals surface area contributed by atoms with E-state index in [4.69, 9.17) is 10.8 Å². The molecule has 0 amide bonds. The zero-order valence-electron chi connectivity index (χ0n) is 11.6. The van der Waals surface area contributed by atoms with Gasteiger partial charge in [-0.05, 0) is 12.1 Å². The number of hydrogen-bond donors (Lipinski definition) is 2. The van der Waals surface area contributed by atoms with Crippen molar-refractivity contribution < 1.29 is 18.3 Å². The largest absolute Gasteiger partial charge is 0.480 e. The summed E-state index contributed by atoms with van der Waals surface area (Å²) < 4.78 is 26.2. The molecular formula is C13H19N3O4S. The van der Waals surface area contributed by atoms with E-state index in [-0.39, 0.29) is 11.4 Å². The topological polar surface area (TPSA) is 104 Å². The first-order valence-corrected chi connectivity index (χ1v) is 8.11. The van der Waals surface area contributed by atoms with E-state index in [9.17, 15) is 13.2 Å². The van der Waals surface area contributed by atoms with E-state index in [0.29, 0.717) is 26.2 Å². The molecule has 1 aliphatic rings. The molecule has 1 aromatic rings. The highest BCUT2D eigenvalue weighted by Crippen LogP contribution is 2.17. The van der Waals surface area contributed by atoms with Gasteiger partial charge < -0.3 is 10.8 Å². The molecule has 3 N–H and O–H groups in total. The molecule has 21 heavy (non-hydrogen) atoms. The molecule has 1 heterocycles. The lowest BCUT2D eigenvalue weighted by atomic mass is 10.2. The Kier molecular flexibility index (Phi) is 4.94. The monoisotopic (exact) mass is 313 g/mol. The minimum absolute atomic E-state index is 0.231. The van der Waals surface area contributed by atoms with Crippen molar-refractivity contribution >= 4 is 16.0 Å². The number of hydrogen-bond acceptors (Lipinski definition) is 5. The molecule has 0 radical (unpaired) electrons. The van der Waals surface area contributed by atoms with Gasteiger partial charge in [-0.1, -0.05) is 18.2 Å². The Bertz CT molecular complexity index is 583. The van der Waals surface area contributed by atoms with Gasteiger partial charge in [-0.15, -0.1) is 0 Å². The summed E-state index contributed by atoms with van der Waals surface area (Å²) in [6.07, 6.45) is 0.